The number of nitrogens with one attached hydrogen (secondary N) is 1. The molecule has 0 bridgehead atoms. The van der Waals surface area contributed by atoms with E-state index in [1.165, 1.54) is 0 Å². The average Bonchev–Trinajstić information content (AvgIpc) is 2.96. The molecule has 2 aromatic carbocycles. The molecule has 3 rings (SSSR count). The van der Waals surface area contributed by atoms with Crippen LogP contribution in [0.5, 0.6) is 11.5 Å². The summed E-state index contributed by atoms with van der Waals surface area (Å²) < 4.78 is 14.4. The molecule has 1 amide bonds. The molecular weight excluding hydrogens is 500 g/mol. The van der Waals surface area contributed by atoms with Crippen LogP contribution in [-0.2, 0) is 6.54 Å². The maximum absolute atomic E-state index is 14.0. The lowest BCUT2D eigenvalue weighted by Crippen LogP contribution is -2.25. The van der Waals surface area contributed by atoms with Gasteiger partial charge in [-0.15, -0.1) is 0 Å². The molecule has 0 saturated heterocycles. The van der Waals surface area contributed by atoms with E-state index in [1.807, 2.05) is 41.0 Å². The molecule has 1 aromatic heterocycles. The Morgan fingerprint density at radius 3 is 2.27 bits per heavy atom. The SMILES string of the molecule is CCCCCCOc1c(OCC(C)CCC)c(=O)n(CCCCCC)c2cc(NC(=O)c3ccccc3)ccc12. The maximum Gasteiger partial charge on any atom is 0.297 e. The van der Waals surface area contributed by atoms with E-state index in [4.69, 9.17) is 9.47 Å². The number of nitrogens with zero attached hydrogens (tertiary/aromatic N) is 1. The number of anilines is 1. The van der Waals surface area contributed by atoms with Gasteiger partial charge in [0.05, 0.1) is 18.7 Å². The summed E-state index contributed by atoms with van der Waals surface area (Å²) in [5.74, 6) is 0.980. The van der Waals surface area contributed by atoms with Crippen molar-refractivity contribution in [1.29, 1.82) is 0 Å². The Kier molecular flexibility index (Phi) is 13.1. The van der Waals surface area contributed by atoms with Gasteiger partial charge in [-0.25, -0.2) is 0 Å². The molecule has 6 nitrogen and oxygen atoms in total. The van der Waals surface area contributed by atoms with E-state index >= 15 is 0 Å². The number of ether oxygens (including phenoxy) is 2. The molecule has 0 saturated carbocycles. The van der Waals surface area contributed by atoms with Crippen LogP contribution >= 0.6 is 0 Å². The zero-order valence-electron chi connectivity index (χ0n) is 25.0. The molecule has 218 valence electrons. The number of benzene rings is 2. The van der Waals surface area contributed by atoms with Gasteiger partial charge < -0.3 is 19.4 Å². The van der Waals surface area contributed by atoms with Crippen molar-refractivity contribution < 1.29 is 14.3 Å². The summed E-state index contributed by atoms with van der Waals surface area (Å²) in [6, 6.07) is 14.9. The van der Waals surface area contributed by atoms with Crippen LogP contribution in [0.2, 0.25) is 0 Å². The van der Waals surface area contributed by atoms with Gasteiger partial charge in [0.1, 0.15) is 0 Å². The Morgan fingerprint density at radius 1 is 0.850 bits per heavy atom. The third-order valence-electron chi connectivity index (χ3n) is 7.25. The largest absolute Gasteiger partial charge is 0.489 e. The minimum atomic E-state index is -0.186. The highest BCUT2D eigenvalue weighted by molar-refractivity contribution is 6.05. The van der Waals surface area contributed by atoms with E-state index in [0.717, 1.165) is 75.1 Å². The standard InChI is InChI=1S/C34H48N2O4/c1-5-8-10-15-22-36-30-24-28(35-33(37)27-18-13-12-14-19-27)20-21-29(30)31(39-23-16-11-9-6-2)32(34(36)38)40-25-26(4)17-7-3/h12-14,18-21,24,26H,5-11,15-17,22-23,25H2,1-4H3,(H,35,37). The molecule has 1 N–H and O–H groups in total. The lowest BCUT2D eigenvalue weighted by Gasteiger charge is -2.20. The first-order valence-electron chi connectivity index (χ1n) is 15.3. The minimum absolute atomic E-state index is 0.164. The Bertz CT molecular complexity index is 1250. The molecule has 3 aromatic rings. The van der Waals surface area contributed by atoms with Gasteiger partial charge in [0.15, 0.2) is 5.75 Å². The van der Waals surface area contributed by atoms with Gasteiger partial charge in [0.25, 0.3) is 11.5 Å². The van der Waals surface area contributed by atoms with Gasteiger partial charge >= 0.3 is 0 Å². The van der Waals surface area contributed by atoms with Crippen LogP contribution in [-0.4, -0.2) is 23.7 Å². The first-order valence-corrected chi connectivity index (χ1v) is 15.3. The van der Waals surface area contributed by atoms with Crippen LogP contribution in [0.3, 0.4) is 0 Å². The average molecular weight is 549 g/mol. The van der Waals surface area contributed by atoms with Crippen molar-refractivity contribution in [2.24, 2.45) is 5.92 Å². The molecule has 6 heteroatoms. The Morgan fingerprint density at radius 2 is 1.57 bits per heavy atom. The number of hydrogen-bond donors (Lipinski definition) is 1. The summed E-state index contributed by atoms with van der Waals surface area (Å²) >= 11 is 0. The predicted molar refractivity (Wildman–Crippen MR) is 166 cm³/mol. The van der Waals surface area contributed by atoms with Crippen LogP contribution in [0.1, 0.15) is 102 Å². The zero-order valence-corrected chi connectivity index (χ0v) is 25.0. The topological polar surface area (TPSA) is 69.6 Å². The van der Waals surface area contributed by atoms with Gasteiger partial charge in [0, 0.05) is 23.2 Å². The van der Waals surface area contributed by atoms with E-state index in [-0.39, 0.29) is 11.5 Å². The molecule has 1 atom stereocenters. The van der Waals surface area contributed by atoms with Gasteiger partial charge in [-0.05, 0) is 55.5 Å². The van der Waals surface area contributed by atoms with Crippen LogP contribution in [0.25, 0.3) is 10.9 Å². The number of amides is 1. The third kappa shape index (κ3) is 8.87. The molecule has 1 heterocycles. The van der Waals surface area contributed by atoms with E-state index in [1.54, 1.807) is 12.1 Å². The number of hydrogen-bond acceptors (Lipinski definition) is 4. The van der Waals surface area contributed by atoms with Crippen molar-refractivity contribution in [3.63, 3.8) is 0 Å². The number of aromatic nitrogens is 1. The van der Waals surface area contributed by atoms with E-state index < -0.39 is 0 Å². The highest BCUT2D eigenvalue weighted by Gasteiger charge is 2.21. The third-order valence-corrected chi connectivity index (χ3v) is 7.25. The molecule has 40 heavy (non-hydrogen) atoms. The van der Waals surface area contributed by atoms with Crippen LogP contribution in [0.4, 0.5) is 5.69 Å². The highest BCUT2D eigenvalue weighted by Crippen LogP contribution is 2.35. The van der Waals surface area contributed by atoms with Gasteiger partial charge in [-0.1, -0.05) is 90.8 Å². The quantitative estimate of drug-likeness (QED) is 0.162. The van der Waals surface area contributed by atoms with Gasteiger partial charge in [-0.3, -0.25) is 9.59 Å². The molecule has 0 spiro atoms. The van der Waals surface area contributed by atoms with Gasteiger partial charge in [0.2, 0.25) is 5.75 Å². The Balaban J connectivity index is 2.04. The number of carbonyl (C=O) groups excluding carboxylic acids is 1. The van der Waals surface area contributed by atoms with E-state index in [0.29, 0.717) is 48.4 Å². The second-order valence-electron chi connectivity index (χ2n) is 10.8. The maximum atomic E-state index is 14.0. The number of carbonyl (C=O) groups is 1. The van der Waals surface area contributed by atoms with Crippen molar-refractivity contribution in [1.82, 2.24) is 4.57 Å². The zero-order chi connectivity index (χ0) is 28.7. The smallest absolute Gasteiger partial charge is 0.297 e. The molecule has 0 aliphatic heterocycles. The van der Waals surface area contributed by atoms with Gasteiger partial charge in [-0.2, -0.15) is 0 Å². The summed E-state index contributed by atoms with van der Waals surface area (Å²) in [6.45, 7) is 10.3. The molecule has 0 aliphatic carbocycles. The van der Waals surface area contributed by atoms with Crippen LogP contribution in [0, 0.1) is 5.92 Å². The Hall–Kier alpha value is -3.28. The van der Waals surface area contributed by atoms with Crippen molar-refractivity contribution in [3.8, 4) is 11.5 Å². The molecule has 0 aliphatic rings. The molecular formula is C34H48N2O4. The fraction of sp³-hybridized carbons (Fsp3) is 0.529. The first-order chi connectivity index (χ1) is 19.5. The monoisotopic (exact) mass is 548 g/mol. The summed E-state index contributed by atoms with van der Waals surface area (Å²) in [7, 11) is 0. The summed E-state index contributed by atoms with van der Waals surface area (Å²) in [4.78, 5) is 26.9. The lowest BCUT2D eigenvalue weighted by molar-refractivity contribution is 0.102. The summed E-state index contributed by atoms with van der Waals surface area (Å²) in [5.41, 5.74) is 1.82. The van der Waals surface area contributed by atoms with Crippen molar-refractivity contribution in [2.75, 3.05) is 18.5 Å². The molecule has 0 fully saturated rings. The van der Waals surface area contributed by atoms with Crippen LogP contribution in [0.15, 0.2) is 53.3 Å². The number of rotatable bonds is 18. The number of unbranched alkanes of at least 4 members (excludes halogenated alkanes) is 6. The second-order valence-corrected chi connectivity index (χ2v) is 10.8. The Labute approximate surface area is 240 Å². The highest BCUT2D eigenvalue weighted by atomic mass is 16.5. The number of fused-ring (bicyclic) bond motifs is 1. The lowest BCUT2D eigenvalue weighted by atomic mass is 10.1. The number of pyridine rings is 1. The molecule has 1 unspecified atom stereocenters. The fourth-order valence-corrected chi connectivity index (χ4v) is 4.96. The van der Waals surface area contributed by atoms with Crippen molar-refractivity contribution >= 4 is 22.5 Å². The normalized spacial score (nSPS) is 11.9. The summed E-state index contributed by atoms with van der Waals surface area (Å²) in [6.07, 6.45) is 10.6. The second kappa shape index (κ2) is 16.7. The summed E-state index contributed by atoms with van der Waals surface area (Å²) in [5, 5.41) is 3.84. The van der Waals surface area contributed by atoms with E-state index in [2.05, 4.69) is 33.0 Å². The first kappa shape index (κ1) is 31.3. The van der Waals surface area contributed by atoms with E-state index in [9.17, 15) is 9.59 Å². The van der Waals surface area contributed by atoms with Crippen LogP contribution < -0.4 is 20.3 Å². The number of aryl methyl sites for hydroxylation is 1. The fourth-order valence-electron chi connectivity index (χ4n) is 4.96. The van der Waals surface area contributed by atoms with Crippen molar-refractivity contribution in [3.05, 3.63) is 64.4 Å². The molecule has 0 radical (unpaired) electrons. The predicted octanol–water partition coefficient (Wildman–Crippen LogP) is 8.61. The minimum Gasteiger partial charge on any atom is -0.489 e. The van der Waals surface area contributed by atoms with Crippen molar-refractivity contribution in [2.45, 2.75) is 98.4 Å².